The van der Waals surface area contributed by atoms with E-state index in [2.05, 4.69) is 24.0 Å². The Bertz CT molecular complexity index is 650. The molecular weight excluding hydrogens is 301 g/mol. The molecule has 3 rings (SSSR count). The maximum absolute atomic E-state index is 13.8. The van der Waals surface area contributed by atoms with E-state index in [1.54, 1.807) is 0 Å². The van der Waals surface area contributed by atoms with Crippen LogP contribution < -0.4 is 0 Å². The minimum absolute atomic E-state index is 0.0417. The van der Waals surface area contributed by atoms with Crippen molar-refractivity contribution < 1.29 is 9.50 Å². The van der Waals surface area contributed by atoms with Gasteiger partial charge in [-0.3, -0.25) is 0 Å². The molecule has 2 nitrogen and oxygen atoms in total. The SMILES string of the molecule is CCN1CCC(CC(c2ccccc2)c2cc(F)ccc2O)CC1. The molecule has 0 aromatic heterocycles. The van der Waals surface area contributed by atoms with Crippen LogP contribution in [0.3, 0.4) is 0 Å². The zero-order valence-corrected chi connectivity index (χ0v) is 14.3. The fourth-order valence-electron chi connectivity index (χ4n) is 3.80. The number of hydrogen-bond acceptors (Lipinski definition) is 2. The van der Waals surface area contributed by atoms with E-state index in [-0.39, 0.29) is 17.5 Å². The number of piperidine rings is 1. The lowest BCUT2D eigenvalue weighted by Crippen LogP contribution is -2.33. The molecule has 0 radical (unpaired) electrons. The van der Waals surface area contributed by atoms with Crippen molar-refractivity contribution in [3.63, 3.8) is 0 Å². The molecule has 0 spiro atoms. The molecule has 1 aliphatic rings. The molecule has 1 atom stereocenters. The Morgan fingerprint density at radius 1 is 1.12 bits per heavy atom. The van der Waals surface area contributed by atoms with Gasteiger partial charge in [-0.15, -0.1) is 0 Å². The van der Waals surface area contributed by atoms with Crippen LogP contribution in [0.4, 0.5) is 4.39 Å². The highest BCUT2D eigenvalue weighted by molar-refractivity contribution is 5.41. The van der Waals surface area contributed by atoms with Gasteiger partial charge >= 0.3 is 0 Å². The maximum atomic E-state index is 13.8. The number of hydrogen-bond donors (Lipinski definition) is 1. The summed E-state index contributed by atoms with van der Waals surface area (Å²) in [6, 6.07) is 14.5. The summed E-state index contributed by atoms with van der Waals surface area (Å²) in [7, 11) is 0. The van der Waals surface area contributed by atoms with Crippen molar-refractivity contribution >= 4 is 0 Å². The second kappa shape index (κ2) is 7.80. The summed E-state index contributed by atoms with van der Waals surface area (Å²) in [5.41, 5.74) is 1.86. The number of halogens is 1. The fourth-order valence-corrected chi connectivity index (χ4v) is 3.80. The minimum atomic E-state index is -0.287. The van der Waals surface area contributed by atoms with Gasteiger partial charge in [-0.2, -0.15) is 0 Å². The first kappa shape index (κ1) is 17.0. The molecule has 1 saturated heterocycles. The van der Waals surface area contributed by atoms with Gasteiger partial charge in [0.05, 0.1) is 0 Å². The van der Waals surface area contributed by atoms with Crippen molar-refractivity contribution in [2.75, 3.05) is 19.6 Å². The van der Waals surface area contributed by atoms with E-state index >= 15 is 0 Å². The smallest absolute Gasteiger partial charge is 0.123 e. The number of benzene rings is 2. The van der Waals surface area contributed by atoms with Crippen LogP contribution in [0.15, 0.2) is 48.5 Å². The first-order chi connectivity index (χ1) is 11.7. The van der Waals surface area contributed by atoms with Crippen molar-refractivity contribution in [1.82, 2.24) is 4.90 Å². The van der Waals surface area contributed by atoms with Gasteiger partial charge in [-0.25, -0.2) is 4.39 Å². The number of likely N-dealkylation sites (tertiary alicyclic amines) is 1. The van der Waals surface area contributed by atoms with Gasteiger partial charge in [0.2, 0.25) is 0 Å². The lowest BCUT2D eigenvalue weighted by molar-refractivity contribution is 0.183. The Hall–Kier alpha value is -1.87. The number of phenols is 1. The van der Waals surface area contributed by atoms with Crippen LogP contribution in [0.25, 0.3) is 0 Å². The van der Waals surface area contributed by atoms with Gasteiger partial charge in [-0.1, -0.05) is 37.3 Å². The molecule has 128 valence electrons. The molecule has 1 aliphatic heterocycles. The summed E-state index contributed by atoms with van der Waals surface area (Å²) in [4.78, 5) is 2.48. The molecule has 1 heterocycles. The first-order valence-electron chi connectivity index (χ1n) is 8.93. The highest BCUT2D eigenvalue weighted by Crippen LogP contribution is 2.38. The topological polar surface area (TPSA) is 23.5 Å². The Morgan fingerprint density at radius 3 is 2.50 bits per heavy atom. The van der Waals surface area contributed by atoms with Crippen LogP contribution in [-0.2, 0) is 0 Å². The molecule has 0 saturated carbocycles. The largest absolute Gasteiger partial charge is 0.508 e. The summed E-state index contributed by atoms with van der Waals surface area (Å²) >= 11 is 0. The van der Waals surface area contributed by atoms with Crippen LogP contribution in [0.5, 0.6) is 5.75 Å². The van der Waals surface area contributed by atoms with E-state index in [1.165, 1.54) is 31.0 Å². The summed E-state index contributed by atoms with van der Waals surface area (Å²) in [5.74, 6) is 0.557. The minimum Gasteiger partial charge on any atom is -0.508 e. The Kier molecular flexibility index (Phi) is 5.52. The van der Waals surface area contributed by atoms with Gasteiger partial charge < -0.3 is 10.0 Å². The Morgan fingerprint density at radius 2 is 1.83 bits per heavy atom. The maximum Gasteiger partial charge on any atom is 0.123 e. The first-order valence-corrected chi connectivity index (χ1v) is 8.93. The molecule has 24 heavy (non-hydrogen) atoms. The van der Waals surface area contributed by atoms with Gasteiger partial charge in [0.25, 0.3) is 0 Å². The zero-order valence-electron chi connectivity index (χ0n) is 14.3. The van der Waals surface area contributed by atoms with Crippen molar-refractivity contribution in [2.24, 2.45) is 5.92 Å². The molecule has 2 aromatic carbocycles. The average molecular weight is 327 g/mol. The molecule has 0 amide bonds. The van der Waals surface area contributed by atoms with E-state index in [9.17, 15) is 9.50 Å². The van der Waals surface area contributed by atoms with Gasteiger partial charge in [0, 0.05) is 11.5 Å². The predicted octanol–water partition coefficient (Wildman–Crippen LogP) is 4.79. The lowest BCUT2D eigenvalue weighted by Gasteiger charge is -2.33. The molecule has 1 N–H and O–H groups in total. The second-order valence-electron chi connectivity index (χ2n) is 6.78. The molecule has 3 heteroatoms. The molecular formula is C21H26FNO. The summed E-state index contributed by atoms with van der Waals surface area (Å²) in [6.45, 7) is 5.59. The van der Waals surface area contributed by atoms with E-state index in [4.69, 9.17) is 0 Å². The predicted molar refractivity (Wildman–Crippen MR) is 95.8 cm³/mol. The molecule has 0 aliphatic carbocycles. The van der Waals surface area contributed by atoms with Gasteiger partial charge in [0.1, 0.15) is 11.6 Å². The third-order valence-electron chi connectivity index (χ3n) is 5.29. The number of rotatable bonds is 5. The van der Waals surface area contributed by atoms with Crippen molar-refractivity contribution in [3.8, 4) is 5.75 Å². The summed E-state index contributed by atoms with van der Waals surface area (Å²) in [5, 5.41) is 10.3. The third-order valence-corrected chi connectivity index (χ3v) is 5.29. The van der Waals surface area contributed by atoms with Crippen LogP contribution >= 0.6 is 0 Å². The van der Waals surface area contributed by atoms with Crippen LogP contribution in [0.2, 0.25) is 0 Å². The van der Waals surface area contributed by atoms with E-state index in [1.807, 2.05) is 18.2 Å². The van der Waals surface area contributed by atoms with E-state index in [0.717, 1.165) is 31.6 Å². The molecule has 2 aromatic rings. The second-order valence-corrected chi connectivity index (χ2v) is 6.78. The fraction of sp³-hybridized carbons (Fsp3) is 0.429. The van der Waals surface area contributed by atoms with Gasteiger partial charge in [-0.05, 0) is 68.6 Å². The third kappa shape index (κ3) is 3.96. The van der Waals surface area contributed by atoms with Gasteiger partial charge in [0.15, 0.2) is 0 Å². The Labute approximate surface area is 143 Å². The van der Waals surface area contributed by atoms with Crippen LogP contribution in [-0.4, -0.2) is 29.6 Å². The number of phenolic OH excluding ortho intramolecular Hbond substituents is 1. The lowest BCUT2D eigenvalue weighted by atomic mass is 9.80. The Balaban J connectivity index is 1.85. The van der Waals surface area contributed by atoms with Crippen LogP contribution in [0.1, 0.15) is 43.2 Å². The highest BCUT2D eigenvalue weighted by Gasteiger charge is 2.25. The monoisotopic (exact) mass is 327 g/mol. The summed E-state index contributed by atoms with van der Waals surface area (Å²) in [6.07, 6.45) is 3.30. The standard InChI is InChI=1S/C21H26FNO/c1-2-23-12-10-16(11-13-23)14-19(17-6-4-3-5-7-17)20-15-18(22)8-9-21(20)24/h3-9,15-16,19,24H,2,10-14H2,1H3. The van der Waals surface area contributed by atoms with E-state index < -0.39 is 0 Å². The molecule has 1 fully saturated rings. The molecule has 0 bridgehead atoms. The van der Waals surface area contributed by atoms with Crippen molar-refractivity contribution in [2.45, 2.75) is 32.1 Å². The van der Waals surface area contributed by atoms with Crippen LogP contribution in [0, 0.1) is 11.7 Å². The van der Waals surface area contributed by atoms with Crippen molar-refractivity contribution in [3.05, 3.63) is 65.5 Å². The normalized spacial score (nSPS) is 17.8. The number of nitrogens with zero attached hydrogens (tertiary/aromatic N) is 1. The molecule has 1 unspecified atom stereocenters. The van der Waals surface area contributed by atoms with Crippen molar-refractivity contribution in [1.29, 1.82) is 0 Å². The zero-order chi connectivity index (χ0) is 16.9. The highest BCUT2D eigenvalue weighted by atomic mass is 19.1. The number of aromatic hydroxyl groups is 1. The summed E-state index contributed by atoms with van der Waals surface area (Å²) < 4.78 is 13.8. The average Bonchev–Trinajstić information content (AvgIpc) is 2.63. The van der Waals surface area contributed by atoms with E-state index in [0.29, 0.717) is 11.5 Å². The quantitative estimate of drug-likeness (QED) is 0.854.